The first-order valence-electron chi connectivity index (χ1n) is 5.72. The van der Waals surface area contributed by atoms with Gasteiger partial charge in [0.15, 0.2) is 0 Å². The zero-order valence-electron chi connectivity index (χ0n) is 10.7. The van der Waals surface area contributed by atoms with E-state index >= 15 is 0 Å². The second kappa shape index (κ2) is 4.71. The van der Waals surface area contributed by atoms with E-state index in [0.717, 1.165) is 11.5 Å². The fourth-order valence-corrected chi connectivity index (χ4v) is 2.11. The van der Waals surface area contributed by atoms with Crippen LogP contribution in [0, 0.1) is 13.8 Å². The molecule has 0 spiro atoms. The molecule has 2 aromatic heterocycles. The molecule has 0 bridgehead atoms. The Labute approximate surface area is 101 Å². The lowest BCUT2D eigenvalue weighted by Gasteiger charge is -2.13. The lowest BCUT2D eigenvalue weighted by Crippen LogP contribution is -2.19. The van der Waals surface area contributed by atoms with Gasteiger partial charge in [-0.15, -0.1) is 0 Å². The zero-order valence-corrected chi connectivity index (χ0v) is 10.7. The van der Waals surface area contributed by atoms with Crippen LogP contribution in [0.2, 0.25) is 0 Å². The number of rotatable bonds is 4. The molecule has 0 aromatic carbocycles. The van der Waals surface area contributed by atoms with E-state index in [0.29, 0.717) is 6.54 Å². The molecule has 1 N–H and O–H groups in total. The number of nitrogens with zero attached hydrogens (tertiary/aromatic N) is 3. The second-order valence-corrected chi connectivity index (χ2v) is 4.29. The summed E-state index contributed by atoms with van der Waals surface area (Å²) in [7, 11) is 1.97. The molecule has 0 saturated carbocycles. The molecule has 5 heteroatoms. The lowest BCUT2D eigenvalue weighted by molar-refractivity contribution is 0.366. The van der Waals surface area contributed by atoms with Crippen molar-refractivity contribution >= 4 is 0 Å². The normalized spacial score (nSPS) is 12.9. The molecule has 2 heterocycles. The molecule has 5 nitrogen and oxygen atoms in total. The van der Waals surface area contributed by atoms with Crippen molar-refractivity contribution in [1.29, 1.82) is 0 Å². The highest BCUT2D eigenvalue weighted by atomic mass is 16.5. The summed E-state index contributed by atoms with van der Waals surface area (Å²) in [5.41, 5.74) is 3.52. The molecule has 0 amide bonds. The van der Waals surface area contributed by atoms with Gasteiger partial charge in [0.1, 0.15) is 5.76 Å². The van der Waals surface area contributed by atoms with Gasteiger partial charge in [-0.2, -0.15) is 5.10 Å². The Bertz CT molecular complexity index is 487. The van der Waals surface area contributed by atoms with E-state index in [1.54, 1.807) is 6.20 Å². The van der Waals surface area contributed by atoms with Crippen molar-refractivity contribution in [3.63, 3.8) is 0 Å². The van der Waals surface area contributed by atoms with Gasteiger partial charge in [-0.05, 0) is 20.8 Å². The molecule has 0 aliphatic heterocycles. The number of aryl methyl sites for hydroxylation is 2. The van der Waals surface area contributed by atoms with Crippen LogP contribution in [0.15, 0.2) is 16.8 Å². The summed E-state index contributed by atoms with van der Waals surface area (Å²) in [6, 6.07) is 2.11. The lowest BCUT2D eigenvalue weighted by atomic mass is 10.1. The fraction of sp³-hybridized carbons (Fsp3) is 0.500. The Kier molecular flexibility index (Phi) is 3.28. The van der Waals surface area contributed by atoms with Gasteiger partial charge in [-0.25, -0.2) is 0 Å². The van der Waals surface area contributed by atoms with Gasteiger partial charge in [-0.3, -0.25) is 4.68 Å². The second-order valence-electron chi connectivity index (χ2n) is 4.29. The molecule has 1 atom stereocenters. The maximum Gasteiger partial charge on any atom is 0.150 e. The fourth-order valence-electron chi connectivity index (χ4n) is 2.11. The van der Waals surface area contributed by atoms with E-state index in [4.69, 9.17) is 4.52 Å². The summed E-state index contributed by atoms with van der Waals surface area (Å²) in [5, 5.41) is 11.5. The highest BCUT2D eigenvalue weighted by Crippen LogP contribution is 2.20. The first kappa shape index (κ1) is 11.9. The Hall–Kier alpha value is -1.62. The van der Waals surface area contributed by atoms with Crippen LogP contribution in [-0.2, 0) is 13.6 Å². The highest BCUT2D eigenvalue weighted by molar-refractivity contribution is 5.27. The van der Waals surface area contributed by atoms with E-state index in [-0.39, 0.29) is 6.04 Å². The minimum Gasteiger partial charge on any atom is -0.360 e. The molecule has 17 heavy (non-hydrogen) atoms. The summed E-state index contributed by atoms with van der Waals surface area (Å²) in [4.78, 5) is 0. The Balaban J connectivity index is 2.07. The van der Waals surface area contributed by atoms with E-state index in [2.05, 4.69) is 29.4 Å². The first-order chi connectivity index (χ1) is 8.09. The van der Waals surface area contributed by atoms with Crippen LogP contribution in [-0.4, -0.2) is 14.9 Å². The van der Waals surface area contributed by atoms with Crippen molar-refractivity contribution in [3.05, 3.63) is 35.0 Å². The number of nitrogens with one attached hydrogen (secondary N) is 1. The third-order valence-corrected chi connectivity index (χ3v) is 3.07. The van der Waals surface area contributed by atoms with Gasteiger partial charge >= 0.3 is 0 Å². The van der Waals surface area contributed by atoms with E-state index < -0.39 is 0 Å². The molecule has 92 valence electrons. The molecule has 0 radical (unpaired) electrons. The first-order valence-corrected chi connectivity index (χ1v) is 5.72. The zero-order chi connectivity index (χ0) is 12.4. The van der Waals surface area contributed by atoms with Crippen LogP contribution in [0.5, 0.6) is 0 Å². The van der Waals surface area contributed by atoms with Crippen molar-refractivity contribution in [2.24, 2.45) is 7.05 Å². The van der Waals surface area contributed by atoms with Crippen LogP contribution in [0.4, 0.5) is 0 Å². The molecule has 0 fully saturated rings. The summed E-state index contributed by atoms with van der Waals surface area (Å²) in [6.45, 7) is 6.93. The van der Waals surface area contributed by atoms with E-state index in [9.17, 15) is 0 Å². The third kappa shape index (κ3) is 2.39. The largest absolute Gasteiger partial charge is 0.360 e. The molecule has 0 aliphatic carbocycles. The quantitative estimate of drug-likeness (QED) is 0.877. The predicted octanol–water partition coefficient (Wildman–Crippen LogP) is 1.88. The van der Waals surface area contributed by atoms with Crippen molar-refractivity contribution in [3.8, 4) is 0 Å². The summed E-state index contributed by atoms with van der Waals surface area (Å²) < 4.78 is 6.97. The average Bonchev–Trinajstić information content (AvgIpc) is 2.86. The standard InChI is InChI=1S/C12H18N4O/c1-8(13-7-11-5-6-14-17-11)12-9(2)15-16(4)10(12)3/h5-6,8,13H,7H2,1-4H3. The smallest absolute Gasteiger partial charge is 0.150 e. The maximum atomic E-state index is 5.05. The van der Waals surface area contributed by atoms with Gasteiger partial charge in [0.2, 0.25) is 0 Å². The molecule has 0 saturated heterocycles. The van der Waals surface area contributed by atoms with Crippen molar-refractivity contribution in [2.75, 3.05) is 0 Å². The van der Waals surface area contributed by atoms with Gasteiger partial charge in [0.05, 0.1) is 18.4 Å². The van der Waals surface area contributed by atoms with Crippen LogP contribution < -0.4 is 5.32 Å². The third-order valence-electron chi connectivity index (χ3n) is 3.07. The van der Waals surface area contributed by atoms with Gasteiger partial charge in [0.25, 0.3) is 0 Å². The van der Waals surface area contributed by atoms with Crippen molar-refractivity contribution in [2.45, 2.75) is 33.4 Å². The van der Waals surface area contributed by atoms with Crippen LogP contribution in [0.1, 0.15) is 35.7 Å². The summed E-state index contributed by atoms with van der Waals surface area (Å²) in [6.07, 6.45) is 1.66. The number of hydrogen-bond acceptors (Lipinski definition) is 4. The van der Waals surface area contributed by atoms with E-state index in [1.165, 1.54) is 11.3 Å². The summed E-state index contributed by atoms with van der Waals surface area (Å²) in [5.74, 6) is 0.844. The van der Waals surface area contributed by atoms with Gasteiger partial charge in [-0.1, -0.05) is 5.16 Å². The molecule has 2 rings (SSSR count). The van der Waals surface area contributed by atoms with Gasteiger partial charge < -0.3 is 9.84 Å². The van der Waals surface area contributed by atoms with Gasteiger partial charge in [0, 0.05) is 30.4 Å². The number of hydrogen-bond donors (Lipinski definition) is 1. The highest BCUT2D eigenvalue weighted by Gasteiger charge is 2.15. The van der Waals surface area contributed by atoms with Crippen LogP contribution in [0.3, 0.4) is 0 Å². The topological polar surface area (TPSA) is 55.9 Å². The Morgan fingerprint density at radius 1 is 1.47 bits per heavy atom. The predicted molar refractivity (Wildman–Crippen MR) is 64.4 cm³/mol. The van der Waals surface area contributed by atoms with Crippen LogP contribution in [0.25, 0.3) is 0 Å². The summed E-state index contributed by atoms with van der Waals surface area (Å²) >= 11 is 0. The van der Waals surface area contributed by atoms with Crippen molar-refractivity contribution in [1.82, 2.24) is 20.3 Å². The molecular weight excluding hydrogens is 216 g/mol. The molecular formula is C12H18N4O. The maximum absolute atomic E-state index is 5.05. The Morgan fingerprint density at radius 3 is 2.76 bits per heavy atom. The number of aromatic nitrogens is 3. The average molecular weight is 234 g/mol. The van der Waals surface area contributed by atoms with Crippen molar-refractivity contribution < 1.29 is 4.52 Å². The van der Waals surface area contributed by atoms with E-state index in [1.807, 2.05) is 24.7 Å². The monoisotopic (exact) mass is 234 g/mol. The Morgan fingerprint density at radius 2 is 2.24 bits per heavy atom. The minimum absolute atomic E-state index is 0.244. The molecule has 2 aromatic rings. The SMILES string of the molecule is Cc1nn(C)c(C)c1C(C)NCc1ccno1. The molecule has 1 unspecified atom stereocenters. The minimum atomic E-state index is 0.244. The molecule has 0 aliphatic rings. The van der Waals surface area contributed by atoms with Crippen LogP contribution >= 0.6 is 0 Å².